The largest absolute Gasteiger partial charge is 0.442 e. The molecule has 2 heterocycles. The minimum absolute atomic E-state index is 0.00338. The van der Waals surface area contributed by atoms with E-state index in [0.29, 0.717) is 23.9 Å². The zero-order chi connectivity index (χ0) is 30.4. The summed E-state index contributed by atoms with van der Waals surface area (Å²) in [7, 11) is 0. The Kier molecular flexibility index (Phi) is 6.04. The van der Waals surface area contributed by atoms with E-state index in [4.69, 9.17) is 9.15 Å². The van der Waals surface area contributed by atoms with Crippen LogP contribution in [0.15, 0.2) is 64.7 Å². The number of carbonyl (C=O) groups excluding carboxylic acids is 1. The Balaban J connectivity index is 1.05. The Morgan fingerprint density at radius 1 is 1.16 bits per heavy atom. The summed E-state index contributed by atoms with van der Waals surface area (Å²) in [4.78, 5) is 18.0. The van der Waals surface area contributed by atoms with Gasteiger partial charge < -0.3 is 19.4 Å². The summed E-state index contributed by atoms with van der Waals surface area (Å²) < 4.78 is 26.7. The van der Waals surface area contributed by atoms with Gasteiger partial charge in [0.15, 0.2) is 12.2 Å². The predicted molar refractivity (Wildman–Crippen MR) is 160 cm³/mol. The van der Waals surface area contributed by atoms with Crippen LogP contribution in [0.1, 0.15) is 57.2 Å². The number of allylic oxidation sites excluding steroid dienone is 1. The van der Waals surface area contributed by atoms with Gasteiger partial charge in [-0.3, -0.25) is 4.79 Å². The average Bonchev–Trinajstić information content (AvgIpc) is 3.68. The third-order valence-corrected chi connectivity index (χ3v) is 11.7. The van der Waals surface area contributed by atoms with Crippen molar-refractivity contribution in [1.82, 2.24) is 14.8 Å². The lowest BCUT2D eigenvalue weighted by Gasteiger charge is -2.60. The summed E-state index contributed by atoms with van der Waals surface area (Å²) in [6.45, 7) is 3.91. The molecule has 2 aromatic heterocycles. The number of aliphatic hydroxyl groups excluding tert-OH is 1. The van der Waals surface area contributed by atoms with Crippen LogP contribution in [-0.2, 0) is 11.2 Å². The Morgan fingerprint density at radius 3 is 2.75 bits per heavy atom. The van der Waals surface area contributed by atoms with Gasteiger partial charge in [-0.1, -0.05) is 31.6 Å². The van der Waals surface area contributed by atoms with Crippen LogP contribution >= 0.6 is 0 Å². The van der Waals surface area contributed by atoms with Gasteiger partial charge in [0.1, 0.15) is 16.9 Å². The van der Waals surface area contributed by atoms with E-state index in [2.05, 4.69) is 23.1 Å². The summed E-state index contributed by atoms with van der Waals surface area (Å²) in [5, 5.41) is 28.6. The standard InChI is InChI=1S/C35H36FN3O5/c1-33-16-20-18-37-39(23-10-8-22(36)9-11-23)27(20)15-21(33)7-12-24-25-13-14-35(42,34(25,2)17-28(40)31(24)33)30(41)19-43-32-38-26-5-3-4-6-29(26)44-32/h3-6,8-11,15,18,24-25,28,31,40,42H,7,12-14,16-17,19H2,1-2H3/t24?,25?,28?,31?,33?,34?,35-/m0/s1. The number of hydrogen-bond acceptors (Lipinski definition) is 7. The molecule has 2 N–H and O–H groups in total. The van der Waals surface area contributed by atoms with Crippen molar-refractivity contribution >= 4 is 23.0 Å². The van der Waals surface area contributed by atoms with Gasteiger partial charge in [0.2, 0.25) is 5.78 Å². The second kappa shape index (κ2) is 9.59. The van der Waals surface area contributed by atoms with Crippen LogP contribution in [0.2, 0.25) is 0 Å². The number of rotatable bonds is 5. The average molecular weight is 598 g/mol. The van der Waals surface area contributed by atoms with Crippen molar-refractivity contribution < 1.29 is 28.6 Å². The van der Waals surface area contributed by atoms with Crippen LogP contribution < -0.4 is 4.74 Å². The number of fused-ring (bicyclic) bond motifs is 7. The molecule has 0 aliphatic heterocycles. The molecule has 8 nitrogen and oxygen atoms in total. The van der Waals surface area contributed by atoms with Gasteiger partial charge in [0, 0.05) is 5.41 Å². The highest BCUT2D eigenvalue weighted by molar-refractivity contribution is 5.90. The van der Waals surface area contributed by atoms with Crippen LogP contribution in [0.3, 0.4) is 0 Å². The number of ether oxygens (including phenoxy) is 1. The number of Topliss-reactive ketones (excluding diaryl/α,β-unsaturated/α-hetero) is 1. The molecule has 0 bridgehead atoms. The topological polar surface area (TPSA) is 111 Å². The molecular weight excluding hydrogens is 561 g/mol. The molecule has 0 amide bonds. The van der Waals surface area contributed by atoms with E-state index in [-0.39, 0.29) is 41.7 Å². The summed E-state index contributed by atoms with van der Waals surface area (Å²) in [6.07, 6.45) is 7.35. The third kappa shape index (κ3) is 3.84. The number of benzene rings is 2. The second-order valence-electron chi connectivity index (χ2n) is 13.8. The second-order valence-corrected chi connectivity index (χ2v) is 13.8. The number of halogens is 1. The molecule has 0 saturated heterocycles. The highest BCUT2D eigenvalue weighted by Crippen LogP contribution is 2.67. The van der Waals surface area contributed by atoms with E-state index in [9.17, 15) is 19.4 Å². The molecule has 44 heavy (non-hydrogen) atoms. The lowest BCUT2D eigenvalue weighted by molar-refractivity contribution is -0.180. The number of hydrogen-bond donors (Lipinski definition) is 2. The van der Waals surface area contributed by atoms with Crippen molar-refractivity contribution in [2.24, 2.45) is 28.6 Å². The summed E-state index contributed by atoms with van der Waals surface area (Å²) in [5.41, 5.74) is 2.78. The van der Waals surface area contributed by atoms with E-state index in [1.807, 2.05) is 29.9 Å². The molecule has 0 radical (unpaired) electrons. The molecule has 228 valence electrons. The van der Waals surface area contributed by atoms with Gasteiger partial charge in [0.25, 0.3) is 0 Å². The molecule has 7 atom stereocenters. The van der Waals surface area contributed by atoms with Gasteiger partial charge in [-0.2, -0.15) is 10.1 Å². The molecule has 2 aromatic carbocycles. The van der Waals surface area contributed by atoms with Gasteiger partial charge in [-0.15, -0.1) is 0 Å². The zero-order valence-electron chi connectivity index (χ0n) is 24.9. The fourth-order valence-electron chi connectivity index (χ4n) is 9.60. The zero-order valence-corrected chi connectivity index (χ0v) is 24.9. The van der Waals surface area contributed by atoms with Crippen molar-refractivity contribution in [3.63, 3.8) is 0 Å². The molecular formula is C35H36FN3O5. The number of aromatic nitrogens is 3. The number of nitrogens with zero attached hydrogens (tertiary/aromatic N) is 3. The van der Waals surface area contributed by atoms with E-state index < -0.39 is 22.9 Å². The monoisotopic (exact) mass is 597 g/mol. The van der Waals surface area contributed by atoms with Crippen LogP contribution in [0.4, 0.5) is 4.39 Å². The molecule has 4 aliphatic rings. The highest BCUT2D eigenvalue weighted by atomic mass is 19.1. The Bertz CT molecular complexity index is 1780. The van der Waals surface area contributed by atoms with Crippen LogP contribution in [0.25, 0.3) is 22.9 Å². The van der Waals surface area contributed by atoms with Crippen molar-refractivity contribution in [1.29, 1.82) is 0 Å². The minimum atomic E-state index is -1.61. The maximum absolute atomic E-state index is 13.7. The molecule has 8 rings (SSSR count). The molecule has 0 spiro atoms. The summed E-state index contributed by atoms with van der Waals surface area (Å²) >= 11 is 0. The lowest BCUT2D eigenvalue weighted by atomic mass is 9.45. The number of carbonyl (C=O) groups is 1. The van der Waals surface area contributed by atoms with Crippen LogP contribution in [0, 0.1) is 34.4 Å². The van der Waals surface area contributed by atoms with E-state index >= 15 is 0 Å². The molecule has 3 saturated carbocycles. The summed E-state index contributed by atoms with van der Waals surface area (Å²) in [6, 6.07) is 13.6. The third-order valence-electron chi connectivity index (χ3n) is 11.7. The van der Waals surface area contributed by atoms with Gasteiger partial charge in [-0.25, -0.2) is 9.07 Å². The first-order chi connectivity index (χ1) is 21.1. The predicted octanol–water partition coefficient (Wildman–Crippen LogP) is 5.68. The SMILES string of the molecule is CC12Cc3cnn(-c4ccc(F)cc4)c3C=C1CCC1C2C(O)CC2(C)C1CC[C@]2(O)C(=O)COc1nc2ccccc2o1. The Labute approximate surface area is 254 Å². The van der Waals surface area contributed by atoms with Gasteiger partial charge in [-0.05, 0) is 110 Å². The molecule has 4 aromatic rings. The quantitative estimate of drug-likeness (QED) is 0.304. The number of para-hydroxylation sites is 2. The molecule has 3 fully saturated rings. The van der Waals surface area contributed by atoms with E-state index in [1.165, 1.54) is 17.7 Å². The molecule has 9 heteroatoms. The first-order valence-electron chi connectivity index (χ1n) is 15.6. The number of oxazole rings is 1. The lowest BCUT2D eigenvalue weighted by Crippen LogP contribution is -2.62. The fraction of sp³-hybridized carbons (Fsp3) is 0.457. The van der Waals surface area contributed by atoms with Crippen LogP contribution in [0.5, 0.6) is 6.08 Å². The Hall–Kier alpha value is -3.82. The number of ketones is 1. The first kappa shape index (κ1) is 27.7. The Morgan fingerprint density at radius 2 is 1.95 bits per heavy atom. The fourth-order valence-corrected chi connectivity index (χ4v) is 9.60. The maximum atomic E-state index is 13.7. The van der Waals surface area contributed by atoms with Gasteiger partial charge in [0.05, 0.1) is 23.7 Å². The normalized spacial score (nSPS) is 34.1. The van der Waals surface area contributed by atoms with E-state index in [1.54, 1.807) is 24.3 Å². The summed E-state index contributed by atoms with van der Waals surface area (Å²) in [5.74, 6) is -0.423. The first-order valence-corrected chi connectivity index (χ1v) is 15.6. The minimum Gasteiger partial charge on any atom is -0.442 e. The smallest absolute Gasteiger partial charge is 0.395 e. The number of aliphatic hydroxyl groups is 2. The van der Waals surface area contributed by atoms with E-state index in [0.717, 1.165) is 42.6 Å². The van der Waals surface area contributed by atoms with Crippen molar-refractivity contribution in [3.05, 3.63) is 77.4 Å². The highest BCUT2D eigenvalue weighted by Gasteiger charge is 2.68. The maximum Gasteiger partial charge on any atom is 0.395 e. The van der Waals surface area contributed by atoms with Crippen molar-refractivity contribution in [2.75, 3.05) is 6.61 Å². The molecule has 4 aliphatic carbocycles. The van der Waals surface area contributed by atoms with Crippen molar-refractivity contribution in [2.45, 2.75) is 64.1 Å². The molecule has 6 unspecified atom stereocenters. The van der Waals surface area contributed by atoms with Gasteiger partial charge >= 0.3 is 6.08 Å². The van der Waals surface area contributed by atoms with Crippen molar-refractivity contribution in [3.8, 4) is 11.8 Å². The van der Waals surface area contributed by atoms with Crippen LogP contribution in [-0.4, -0.2) is 49.1 Å².